The summed E-state index contributed by atoms with van der Waals surface area (Å²) in [6, 6.07) is 15.7. The molecule has 2 rings (SSSR count). The number of urea groups is 1. The number of carbonyl (C=O) groups is 1. The molecule has 0 aliphatic carbocycles. The number of hydrogen-bond acceptors (Lipinski definition) is 1. The zero-order valence-electron chi connectivity index (χ0n) is 11.4. The number of rotatable bonds is 5. The predicted molar refractivity (Wildman–Crippen MR) is 92.2 cm³/mol. The molecule has 21 heavy (non-hydrogen) atoms. The topological polar surface area (TPSA) is 41.1 Å². The molecule has 0 aliphatic heterocycles. The molecule has 2 amide bonds. The van der Waals surface area contributed by atoms with Crippen LogP contribution in [0.3, 0.4) is 0 Å². The minimum Gasteiger partial charge on any atom is -0.338 e. The van der Waals surface area contributed by atoms with Crippen molar-refractivity contribution in [3.8, 4) is 0 Å². The van der Waals surface area contributed by atoms with Crippen LogP contribution >= 0.6 is 31.9 Å². The largest absolute Gasteiger partial charge is 0.338 e. The van der Waals surface area contributed by atoms with E-state index < -0.39 is 0 Å². The quantitative estimate of drug-likeness (QED) is 0.758. The summed E-state index contributed by atoms with van der Waals surface area (Å²) >= 11 is 6.88. The molecule has 2 aromatic carbocycles. The zero-order valence-corrected chi connectivity index (χ0v) is 14.6. The van der Waals surface area contributed by atoms with Gasteiger partial charge in [-0.2, -0.15) is 0 Å². The molecule has 0 saturated carbocycles. The third-order valence-electron chi connectivity index (χ3n) is 3.00. The standard InChI is InChI=1S/C16H16Br2N2O/c17-14-7-5-12(6-8-14)11-20-16(21)19-10-9-13-3-1-2-4-15(13)18/h1-8H,9-11H2,(H2,19,20,21). The first-order chi connectivity index (χ1) is 10.1. The van der Waals surface area contributed by atoms with Crippen LogP contribution in [0.2, 0.25) is 0 Å². The van der Waals surface area contributed by atoms with Gasteiger partial charge in [-0.1, -0.05) is 62.2 Å². The van der Waals surface area contributed by atoms with Crippen LogP contribution in [0.5, 0.6) is 0 Å². The molecule has 0 aromatic heterocycles. The molecule has 2 N–H and O–H groups in total. The fraction of sp³-hybridized carbons (Fsp3) is 0.188. The van der Waals surface area contributed by atoms with Gasteiger partial charge in [-0.05, 0) is 35.7 Å². The molecule has 0 aliphatic rings. The van der Waals surface area contributed by atoms with Crippen molar-refractivity contribution in [2.24, 2.45) is 0 Å². The van der Waals surface area contributed by atoms with E-state index in [-0.39, 0.29) is 6.03 Å². The summed E-state index contributed by atoms with van der Waals surface area (Å²) in [6.07, 6.45) is 0.799. The molecular weight excluding hydrogens is 396 g/mol. The highest BCUT2D eigenvalue weighted by atomic mass is 79.9. The Hall–Kier alpha value is -1.33. The van der Waals surface area contributed by atoms with E-state index in [1.165, 1.54) is 5.56 Å². The van der Waals surface area contributed by atoms with Crippen molar-refractivity contribution < 1.29 is 4.79 Å². The molecule has 0 unspecified atom stereocenters. The Balaban J connectivity index is 1.70. The summed E-state index contributed by atoms with van der Waals surface area (Å²) < 4.78 is 2.10. The maximum atomic E-state index is 11.7. The molecule has 0 spiro atoms. The highest BCUT2D eigenvalue weighted by Crippen LogP contribution is 2.15. The smallest absolute Gasteiger partial charge is 0.315 e. The Bertz CT molecular complexity index is 599. The highest BCUT2D eigenvalue weighted by molar-refractivity contribution is 9.10. The van der Waals surface area contributed by atoms with E-state index in [1.54, 1.807) is 0 Å². The molecule has 0 radical (unpaired) electrons. The Morgan fingerprint density at radius 2 is 1.67 bits per heavy atom. The van der Waals surface area contributed by atoms with Gasteiger partial charge in [0, 0.05) is 22.0 Å². The fourth-order valence-electron chi connectivity index (χ4n) is 1.86. The van der Waals surface area contributed by atoms with E-state index in [2.05, 4.69) is 42.5 Å². The predicted octanol–water partition coefficient (Wildman–Crippen LogP) is 4.25. The Labute approximate surface area is 141 Å². The van der Waals surface area contributed by atoms with Crippen molar-refractivity contribution in [1.82, 2.24) is 10.6 Å². The third kappa shape index (κ3) is 5.52. The average molecular weight is 412 g/mol. The molecule has 0 atom stereocenters. The maximum Gasteiger partial charge on any atom is 0.315 e. The van der Waals surface area contributed by atoms with E-state index >= 15 is 0 Å². The lowest BCUT2D eigenvalue weighted by Crippen LogP contribution is -2.36. The van der Waals surface area contributed by atoms with Crippen LogP contribution < -0.4 is 10.6 Å². The molecule has 2 aromatic rings. The molecule has 0 heterocycles. The molecule has 110 valence electrons. The molecule has 0 bridgehead atoms. The van der Waals surface area contributed by atoms with Gasteiger partial charge in [-0.15, -0.1) is 0 Å². The van der Waals surface area contributed by atoms with Gasteiger partial charge in [0.25, 0.3) is 0 Å². The van der Waals surface area contributed by atoms with Crippen molar-refractivity contribution in [3.63, 3.8) is 0 Å². The summed E-state index contributed by atoms with van der Waals surface area (Å²) in [6.45, 7) is 1.13. The van der Waals surface area contributed by atoms with Gasteiger partial charge >= 0.3 is 6.03 Å². The summed E-state index contributed by atoms with van der Waals surface area (Å²) in [5, 5.41) is 5.70. The number of amides is 2. The molecule has 0 fully saturated rings. The molecule has 0 saturated heterocycles. The van der Waals surface area contributed by atoms with Crippen LogP contribution in [0, 0.1) is 0 Å². The van der Waals surface area contributed by atoms with Gasteiger partial charge in [0.1, 0.15) is 0 Å². The minimum absolute atomic E-state index is 0.148. The number of carbonyl (C=O) groups excluding carboxylic acids is 1. The first-order valence-corrected chi connectivity index (χ1v) is 8.23. The van der Waals surface area contributed by atoms with Crippen LogP contribution in [-0.4, -0.2) is 12.6 Å². The van der Waals surface area contributed by atoms with Crippen molar-refractivity contribution in [3.05, 3.63) is 68.6 Å². The second-order valence-electron chi connectivity index (χ2n) is 4.58. The lowest BCUT2D eigenvalue weighted by atomic mass is 10.1. The second-order valence-corrected chi connectivity index (χ2v) is 6.35. The van der Waals surface area contributed by atoms with E-state index in [1.807, 2.05) is 48.5 Å². The van der Waals surface area contributed by atoms with E-state index in [4.69, 9.17) is 0 Å². The summed E-state index contributed by atoms with van der Waals surface area (Å²) in [5.74, 6) is 0. The summed E-state index contributed by atoms with van der Waals surface area (Å²) in [5.41, 5.74) is 2.25. The first-order valence-electron chi connectivity index (χ1n) is 6.65. The Kier molecular flexibility index (Phi) is 6.26. The number of hydrogen-bond donors (Lipinski definition) is 2. The van der Waals surface area contributed by atoms with Crippen molar-refractivity contribution in [1.29, 1.82) is 0 Å². The monoisotopic (exact) mass is 410 g/mol. The van der Waals surface area contributed by atoms with Gasteiger partial charge in [0.15, 0.2) is 0 Å². The van der Waals surface area contributed by atoms with Crippen LogP contribution in [0.15, 0.2) is 57.5 Å². The van der Waals surface area contributed by atoms with Gasteiger partial charge in [0.2, 0.25) is 0 Å². The van der Waals surface area contributed by atoms with Crippen molar-refractivity contribution in [2.45, 2.75) is 13.0 Å². The number of nitrogens with one attached hydrogen (secondary N) is 2. The zero-order chi connectivity index (χ0) is 15.1. The SMILES string of the molecule is O=C(NCCc1ccccc1Br)NCc1ccc(Br)cc1. The lowest BCUT2D eigenvalue weighted by molar-refractivity contribution is 0.240. The van der Waals surface area contributed by atoms with Crippen LogP contribution in [0.1, 0.15) is 11.1 Å². The van der Waals surface area contributed by atoms with E-state index in [0.717, 1.165) is 20.9 Å². The van der Waals surface area contributed by atoms with Gasteiger partial charge < -0.3 is 10.6 Å². The van der Waals surface area contributed by atoms with Gasteiger partial charge in [-0.25, -0.2) is 4.79 Å². The molecular formula is C16H16Br2N2O. The van der Waals surface area contributed by atoms with Crippen molar-refractivity contribution >= 4 is 37.9 Å². The van der Waals surface area contributed by atoms with Gasteiger partial charge in [-0.3, -0.25) is 0 Å². The fourth-order valence-corrected chi connectivity index (χ4v) is 2.61. The van der Waals surface area contributed by atoms with Crippen LogP contribution in [-0.2, 0) is 13.0 Å². The van der Waals surface area contributed by atoms with E-state index in [0.29, 0.717) is 13.1 Å². The lowest BCUT2D eigenvalue weighted by Gasteiger charge is -2.08. The number of halogens is 2. The second kappa shape index (κ2) is 8.20. The van der Waals surface area contributed by atoms with Crippen molar-refractivity contribution in [2.75, 3.05) is 6.54 Å². The van der Waals surface area contributed by atoms with Gasteiger partial charge in [0.05, 0.1) is 0 Å². The average Bonchev–Trinajstić information content (AvgIpc) is 2.49. The highest BCUT2D eigenvalue weighted by Gasteiger charge is 2.02. The van der Waals surface area contributed by atoms with Crippen LogP contribution in [0.25, 0.3) is 0 Å². The minimum atomic E-state index is -0.148. The van der Waals surface area contributed by atoms with Crippen LogP contribution in [0.4, 0.5) is 4.79 Å². The summed E-state index contributed by atoms with van der Waals surface area (Å²) in [7, 11) is 0. The molecule has 3 nitrogen and oxygen atoms in total. The first kappa shape index (κ1) is 16.0. The Morgan fingerprint density at radius 3 is 2.38 bits per heavy atom. The normalized spacial score (nSPS) is 10.2. The van der Waals surface area contributed by atoms with E-state index in [9.17, 15) is 4.79 Å². The number of benzene rings is 2. The maximum absolute atomic E-state index is 11.7. The third-order valence-corrected chi connectivity index (χ3v) is 4.31. The Morgan fingerprint density at radius 1 is 0.952 bits per heavy atom. The molecule has 5 heteroatoms. The summed E-state index contributed by atoms with van der Waals surface area (Å²) in [4.78, 5) is 11.7.